The molecule has 0 aliphatic carbocycles. The number of rotatable bonds is 1. The van der Waals surface area contributed by atoms with E-state index in [1.165, 1.54) is 0 Å². The number of fused-ring (bicyclic) bond motifs is 2. The minimum atomic E-state index is -0.00906. The molecule has 6 heteroatoms. The van der Waals surface area contributed by atoms with Crippen LogP contribution in [0.1, 0.15) is 57.7 Å². The molecule has 6 N–H and O–H groups in total. The lowest BCUT2D eigenvalue weighted by Crippen LogP contribution is -2.38. The predicted octanol–water partition coefficient (Wildman–Crippen LogP) is 4.46. The highest BCUT2D eigenvalue weighted by molar-refractivity contribution is 5.43. The van der Waals surface area contributed by atoms with Crippen molar-refractivity contribution in [3.8, 4) is 5.75 Å². The van der Waals surface area contributed by atoms with Gasteiger partial charge in [0.25, 0.3) is 0 Å². The molecule has 0 spiro atoms. The number of phenols is 1. The van der Waals surface area contributed by atoms with Crippen LogP contribution in [0.5, 0.6) is 5.75 Å². The fourth-order valence-electron chi connectivity index (χ4n) is 4.33. The molecular formula is C29H48N4O2. The molecule has 1 aromatic rings. The van der Waals surface area contributed by atoms with Gasteiger partial charge < -0.3 is 31.5 Å². The molecule has 35 heavy (non-hydrogen) atoms. The highest BCUT2D eigenvalue weighted by Gasteiger charge is 2.19. The van der Waals surface area contributed by atoms with Gasteiger partial charge in [0.2, 0.25) is 0 Å². The number of aromatic hydroxyl groups is 1. The van der Waals surface area contributed by atoms with E-state index in [0.717, 1.165) is 67.0 Å². The van der Waals surface area contributed by atoms with Crippen molar-refractivity contribution in [2.24, 2.45) is 10.8 Å². The van der Waals surface area contributed by atoms with Gasteiger partial charge >= 0.3 is 0 Å². The van der Waals surface area contributed by atoms with Crippen LogP contribution in [0, 0.1) is 17.8 Å². The maximum absolute atomic E-state index is 10.9. The lowest BCUT2D eigenvalue weighted by atomic mass is 9.92. The first-order valence-corrected chi connectivity index (χ1v) is 12.8. The third kappa shape index (κ3) is 10.6. The average Bonchev–Trinajstić information content (AvgIpc) is 2.74. The predicted molar refractivity (Wildman–Crippen MR) is 148 cm³/mol. The number of benzene rings is 1. The fourth-order valence-corrected chi connectivity index (χ4v) is 4.33. The van der Waals surface area contributed by atoms with Gasteiger partial charge in [-0.05, 0) is 37.6 Å². The summed E-state index contributed by atoms with van der Waals surface area (Å²) in [7, 11) is 0. The molecule has 1 aliphatic heterocycles. The van der Waals surface area contributed by atoms with E-state index < -0.39 is 0 Å². The monoisotopic (exact) mass is 484 g/mol. The normalized spacial score (nSPS) is 24.1. The Kier molecular flexibility index (Phi) is 11.0. The van der Waals surface area contributed by atoms with Crippen LogP contribution in [0.15, 0.2) is 47.8 Å². The summed E-state index contributed by atoms with van der Waals surface area (Å²) in [6.07, 6.45) is 5.13. The first kappa shape index (κ1) is 29.1. The highest BCUT2D eigenvalue weighted by Crippen LogP contribution is 2.25. The van der Waals surface area contributed by atoms with Crippen LogP contribution in [0.25, 0.3) is 0 Å². The third-order valence-corrected chi connectivity index (χ3v) is 6.33. The fraction of sp³-hybridized carbons (Fsp3) is 0.586. The van der Waals surface area contributed by atoms with Crippen LogP contribution in [0.3, 0.4) is 0 Å². The molecular weight excluding hydrogens is 436 g/mol. The number of phenolic OH excluding ortho intramolecular Hbond substituents is 1. The van der Waals surface area contributed by atoms with Crippen LogP contribution in [0.2, 0.25) is 0 Å². The van der Waals surface area contributed by atoms with Crippen molar-refractivity contribution in [3.05, 3.63) is 64.5 Å². The second-order valence-corrected chi connectivity index (χ2v) is 11.6. The Bertz CT molecular complexity index is 916. The zero-order valence-corrected chi connectivity index (χ0v) is 22.8. The van der Waals surface area contributed by atoms with Gasteiger partial charge in [-0.2, -0.15) is 0 Å². The van der Waals surface area contributed by atoms with Gasteiger partial charge in [0, 0.05) is 62.5 Å². The molecule has 0 amide bonds. The van der Waals surface area contributed by atoms with Crippen molar-refractivity contribution >= 4 is 0 Å². The Morgan fingerprint density at radius 3 is 1.83 bits per heavy atom. The summed E-state index contributed by atoms with van der Waals surface area (Å²) in [6, 6.07) is 4.13. The average molecular weight is 485 g/mol. The zero-order valence-electron chi connectivity index (χ0n) is 22.8. The summed E-state index contributed by atoms with van der Waals surface area (Å²) in [4.78, 5) is 0. The van der Waals surface area contributed by atoms with E-state index in [2.05, 4.69) is 87.6 Å². The first-order valence-electron chi connectivity index (χ1n) is 12.8. The van der Waals surface area contributed by atoms with Gasteiger partial charge in [-0.15, -0.1) is 0 Å². The van der Waals surface area contributed by atoms with Crippen molar-refractivity contribution in [2.75, 3.05) is 39.3 Å². The molecule has 0 saturated heterocycles. The summed E-state index contributed by atoms with van der Waals surface area (Å²) in [5.74, 6) is 0.483. The molecule has 196 valence electrons. The van der Waals surface area contributed by atoms with Gasteiger partial charge in [0.15, 0.2) is 0 Å². The lowest BCUT2D eigenvalue weighted by molar-refractivity contribution is 0.318. The Hall–Kier alpha value is -2.12. The molecule has 6 nitrogen and oxygen atoms in total. The summed E-state index contributed by atoms with van der Waals surface area (Å²) in [5.41, 5.74) is 5.03. The number of aliphatic hydroxyl groups is 1. The van der Waals surface area contributed by atoms with Gasteiger partial charge in [-0.25, -0.2) is 0 Å². The van der Waals surface area contributed by atoms with Crippen LogP contribution in [-0.4, -0.2) is 49.5 Å². The summed E-state index contributed by atoms with van der Waals surface area (Å²) < 4.78 is 0. The number of allylic oxidation sites excluding steroid dienone is 2. The van der Waals surface area contributed by atoms with E-state index in [0.29, 0.717) is 25.4 Å². The molecule has 0 aromatic heterocycles. The topological polar surface area (TPSA) is 88.6 Å². The number of aryl methyl sites for hydroxylation is 1. The standard InChI is InChI=1S/C29H48N4O2/c1-21-9-8-10-30-17-28(4,5)18-32-15-25-12-22(2)13-26(27(25)35)16-33-20-29(6,7)19-31-14-24(11-21)23(3)34/h9,11-13,30-35H,3,8,10,14-20H2,1-2,4-7H3/b21-9-,24-11-. The molecule has 2 bridgehead atoms. The van der Waals surface area contributed by atoms with Crippen molar-refractivity contribution in [1.29, 1.82) is 0 Å². The van der Waals surface area contributed by atoms with E-state index in [9.17, 15) is 10.2 Å². The van der Waals surface area contributed by atoms with Gasteiger partial charge in [0.1, 0.15) is 11.5 Å². The Labute approximate surface area is 213 Å². The van der Waals surface area contributed by atoms with Crippen molar-refractivity contribution in [2.45, 2.75) is 61.1 Å². The van der Waals surface area contributed by atoms with Gasteiger partial charge in [-0.3, -0.25) is 0 Å². The largest absolute Gasteiger partial charge is 0.508 e. The second kappa shape index (κ2) is 13.3. The van der Waals surface area contributed by atoms with Crippen LogP contribution in [-0.2, 0) is 13.1 Å². The highest BCUT2D eigenvalue weighted by atomic mass is 16.3. The molecule has 0 radical (unpaired) electrons. The molecule has 0 saturated carbocycles. The van der Waals surface area contributed by atoms with E-state index >= 15 is 0 Å². The minimum Gasteiger partial charge on any atom is -0.508 e. The molecule has 0 unspecified atom stereocenters. The number of hydrogen-bond acceptors (Lipinski definition) is 6. The molecule has 1 aromatic carbocycles. The maximum atomic E-state index is 10.9. The van der Waals surface area contributed by atoms with Crippen molar-refractivity contribution < 1.29 is 10.2 Å². The van der Waals surface area contributed by atoms with Crippen LogP contribution < -0.4 is 21.3 Å². The first-order chi connectivity index (χ1) is 16.4. The summed E-state index contributed by atoms with van der Waals surface area (Å²) in [6.45, 7) is 22.8. The Balaban J connectivity index is 2.18. The van der Waals surface area contributed by atoms with E-state index in [1.807, 2.05) is 6.08 Å². The van der Waals surface area contributed by atoms with E-state index in [1.54, 1.807) is 0 Å². The quantitative estimate of drug-likeness (QED) is 0.330. The second-order valence-electron chi connectivity index (χ2n) is 11.6. The molecule has 1 aliphatic rings. The lowest BCUT2D eigenvalue weighted by Gasteiger charge is -2.27. The van der Waals surface area contributed by atoms with Gasteiger partial charge in [0.05, 0.1) is 0 Å². The molecule has 2 rings (SSSR count). The maximum Gasteiger partial charge on any atom is 0.124 e. The van der Waals surface area contributed by atoms with Crippen molar-refractivity contribution in [1.82, 2.24) is 21.3 Å². The molecule has 0 fully saturated rings. The Morgan fingerprint density at radius 1 is 0.829 bits per heavy atom. The molecule has 1 heterocycles. The van der Waals surface area contributed by atoms with Crippen LogP contribution >= 0.6 is 0 Å². The number of aliphatic hydroxyl groups excluding tert-OH is 1. The number of nitrogens with one attached hydrogen (secondary N) is 4. The smallest absolute Gasteiger partial charge is 0.124 e. The summed E-state index contributed by atoms with van der Waals surface area (Å²) in [5, 5.41) is 35.1. The molecule has 0 atom stereocenters. The SMILES string of the molecule is C=C(O)/C1=C\C(C)=C/CCNCC(C)(C)CNCc2cc(C)cc(c2O)CNCC(C)(C)CNC1. The number of hydrogen-bond donors (Lipinski definition) is 6. The third-order valence-electron chi connectivity index (χ3n) is 6.33. The summed E-state index contributed by atoms with van der Waals surface area (Å²) >= 11 is 0. The zero-order chi connectivity index (χ0) is 26.1. The van der Waals surface area contributed by atoms with Crippen molar-refractivity contribution in [3.63, 3.8) is 0 Å². The van der Waals surface area contributed by atoms with Crippen LogP contribution in [0.4, 0.5) is 0 Å². The van der Waals surface area contributed by atoms with Gasteiger partial charge in [-0.1, -0.05) is 69.7 Å². The van der Waals surface area contributed by atoms with E-state index in [4.69, 9.17) is 0 Å². The minimum absolute atomic E-state index is 0.00906. The van der Waals surface area contributed by atoms with E-state index in [-0.39, 0.29) is 16.6 Å². The Morgan fingerprint density at radius 2 is 1.31 bits per heavy atom.